The number of halogens is 1. The molecular weight excluding hydrogens is 475 g/mol. The Hall–Kier alpha value is -3.36. The quantitative estimate of drug-likeness (QED) is 0.623. The number of ketones is 1. The molecule has 1 fully saturated rings. The third-order valence-corrected chi connectivity index (χ3v) is 7.12. The largest absolute Gasteiger partial charge is 0.335 e. The van der Waals surface area contributed by atoms with E-state index >= 15 is 0 Å². The number of hydrogen-bond donors (Lipinski definition) is 1. The maximum absolute atomic E-state index is 14.8. The van der Waals surface area contributed by atoms with E-state index in [4.69, 9.17) is 0 Å². The Bertz CT molecular complexity index is 1280. The van der Waals surface area contributed by atoms with Crippen LogP contribution in [0.2, 0.25) is 0 Å². The number of nitrogens with zero attached hydrogens (tertiary/aromatic N) is 3. The van der Waals surface area contributed by atoms with Gasteiger partial charge in [0.25, 0.3) is 17.4 Å². The second kappa shape index (κ2) is 10.6. The first kappa shape index (κ1) is 26.7. The first-order valence-corrected chi connectivity index (χ1v) is 13.0. The molecule has 2 amide bonds. The first-order chi connectivity index (χ1) is 17.4. The maximum atomic E-state index is 14.8. The summed E-state index contributed by atoms with van der Waals surface area (Å²) in [6.07, 6.45) is 4.01. The van der Waals surface area contributed by atoms with Crippen molar-refractivity contribution in [1.82, 2.24) is 20.0 Å². The van der Waals surface area contributed by atoms with Gasteiger partial charge < -0.3 is 9.80 Å². The van der Waals surface area contributed by atoms with Gasteiger partial charge in [0.05, 0.1) is 11.3 Å². The van der Waals surface area contributed by atoms with Crippen molar-refractivity contribution in [2.75, 3.05) is 19.6 Å². The summed E-state index contributed by atoms with van der Waals surface area (Å²) in [6.45, 7) is 8.16. The van der Waals surface area contributed by atoms with Gasteiger partial charge in [-0.05, 0) is 61.3 Å². The average molecular weight is 511 g/mol. The van der Waals surface area contributed by atoms with E-state index in [-0.39, 0.29) is 48.6 Å². The molecule has 2 heterocycles. The number of piperazine rings is 1. The summed E-state index contributed by atoms with van der Waals surface area (Å²) in [5, 5.41) is 6.83. The lowest BCUT2D eigenvalue weighted by atomic mass is 9.89. The zero-order valence-electron chi connectivity index (χ0n) is 22.0. The highest BCUT2D eigenvalue weighted by molar-refractivity contribution is 6.36. The Labute approximate surface area is 216 Å². The van der Waals surface area contributed by atoms with Crippen LogP contribution in [0.1, 0.15) is 79.7 Å². The molecule has 1 aliphatic heterocycles. The van der Waals surface area contributed by atoms with Gasteiger partial charge in [0.15, 0.2) is 0 Å². The Morgan fingerprint density at radius 3 is 2.49 bits per heavy atom. The number of carbonyl (C=O) groups excluding carboxylic acids is 3. The van der Waals surface area contributed by atoms with Gasteiger partial charge in [-0.25, -0.2) is 9.49 Å². The van der Waals surface area contributed by atoms with Crippen LogP contribution in [0.4, 0.5) is 4.39 Å². The molecule has 1 saturated heterocycles. The molecule has 1 N–H and O–H groups in total. The number of H-pyrrole nitrogens is 1. The molecule has 0 radical (unpaired) electrons. The standard InChI is InChI=1S/C28H35FN4O4/c1-17-16-32(11-12-33(17)27(37)24(34)15-28(2,3)4)26(36)21-13-18(9-10-22(21)29)14-23-19-7-5-6-8-20(19)25(35)31-30-23/h9-10,13,17H,5-8,11-12,14-16H2,1-4H3,(H,31,35)/t17-/m0/s1. The molecule has 2 aromatic rings. The van der Waals surface area contributed by atoms with Gasteiger partial charge in [-0.3, -0.25) is 19.2 Å². The Morgan fingerprint density at radius 1 is 1.11 bits per heavy atom. The molecule has 1 atom stereocenters. The van der Waals surface area contributed by atoms with Crippen LogP contribution in [0.3, 0.4) is 0 Å². The van der Waals surface area contributed by atoms with E-state index in [0.717, 1.165) is 48.1 Å². The molecule has 1 aliphatic carbocycles. The molecule has 0 spiro atoms. The maximum Gasteiger partial charge on any atom is 0.290 e. The van der Waals surface area contributed by atoms with E-state index in [1.807, 2.05) is 20.8 Å². The highest BCUT2D eigenvalue weighted by Gasteiger charge is 2.34. The van der Waals surface area contributed by atoms with Gasteiger partial charge in [-0.15, -0.1) is 0 Å². The second-order valence-electron chi connectivity index (χ2n) is 11.4. The number of Topliss-reactive ketones (excluding diaryl/α,β-unsaturated/α-hetero) is 1. The number of nitrogens with one attached hydrogen (secondary N) is 1. The minimum atomic E-state index is -0.614. The number of fused-ring (bicyclic) bond motifs is 1. The molecule has 9 heteroatoms. The number of benzene rings is 1. The number of aromatic nitrogens is 2. The van der Waals surface area contributed by atoms with Crippen molar-refractivity contribution >= 4 is 17.6 Å². The predicted molar refractivity (Wildman–Crippen MR) is 137 cm³/mol. The smallest absolute Gasteiger partial charge is 0.290 e. The van der Waals surface area contributed by atoms with E-state index in [0.29, 0.717) is 6.42 Å². The van der Waals surface area contributed by atoms with Crippen LogP contribution in [0.15, 0.2) is 23.0 Å². The summed E-state index contributed by atoms with van der Waals surface area (Å²) in [4.78, 5) is 53.6. The second-order valence-corrected chi connectivity index (χ2v) is 11.4. The Kier molecular flexibility index (Phi) is 7.62. The minimum absolute atomic E-state index is 0.0356. The average Bonchev–Trinajstić information content (AvgIpc) is 2.85. The summed E-state index contributed by atoms with van der Waals surface area (Å²) >= 11 is 0. The topological polar surface area (TPSA) is 103 Å². The summed E-state index contributed by atoms with van der Waals surface area (Å²) in [7, 11) is 0. The highest BCUT2D eigenvalue weighted by Crippen LogP contribution is 2.24. The lowest BCUT2D eigenvalue weighted by Crippen LogP contribution is -2.57. The van der Waals surface area contributed by atoms with E-state index < -0.39 is 23.4 Å². The van der Waals surface area contributed by atoms with Crippen LogP contribution >= 0.6 is 0 Å². The van der Waals surface area contributed by atoms with Crippen LogP contribution in [0.5, 0.6) is 0 Å². The molecule has 198 valence electrons. The zero-order valence-corrected chi connectivity index (χ0v) is 22.0. The molecule has 0 bridgehead atoms. The predicted octanol–water partition coefficient (Wildman–Crippen LogP) is 3.06. The van der Waals surface area contributed by atoms with Gasteiger partial charge in [-0.1, -0.05) is 26.8 Å². The van der Waals surface area contributed by atoms with Crippen LogP contribution in [-0.2, 0) is 28.9 Å². The monoisotopic (exact) mass is 510 g/mol. The number of hydrogen-bond acceptors (Lipinski definition) is 5. The summed E-state index contributed by atoms with van der Waals surface area (Å²) in [5.41, 5.74) is 2.73. The zero-order chi connectivity index (χ0) is 26.9. The van der Waals surface area contributed by atoms with Gasteiger partial charge in [-0.2, -0.15) is 5.10 Å². The summed E-state index contributed by atoms with van der Waals surface area (Å²) in [6, 6.07) is 4.11. The lowest BCUT2D eigenvalue weighted by molar-refractivity contribution is -0.148. The molecular formula is C28H35FN4O4. The fourth-order valence-electron chi connectivity index (χ4n) is 5.25. The van der Waals surface area contributed by atoms with Crippen LogP contribution < -0.4 is 5.56 Å². The van der Waals surface area contributed by atoms with Crippen molar-refractivity contribution in [3.05, 3.63) is 62.3 Å². The van der Waals surface area contributed by atoms with E-state index in [1.54, 1.807) is 19.1 Å². The van der Waals surface area contributed by atoms with Crippen LogP contribution in [-0.4, -0.2) is 63.3 Å². The summed E-state index contributed by atoms with van der Waals surface area (Å²) < 4.78 is 14.8. The lowest BCUT2D eigenvalue weighted by Gasteiger charge is -2.39. The van der Waals surface area contributed by atoms with Crippen molar-refractivity contribution in [3.8, 4) is 0 Å². The van der Waals surface area contributed by atoms with Gasteiger partial charge in [0.1, 0.15) is 5.82 Å². The Balaban J connectivity index is 1.48. The van der Waals surface area contributed by atoms with Gasteiger partial charge in [0.2, 0.25) is 5.78 Å². The normalized spacial score (nSPS) is 17.9. The van der Waals surface area contributed by atoms with Gasteiger partial charge >= 0.3 is 0 Å². The number of amides is 2. The van der Waals surface area contributed by atoms with Crippen LogP contribution in [0, 0.1) is 11.2 Å². The molecule has 8 nitrogen and oxygen atoms in total. The van der Waals surface area contributed by atoms with Crippen molar-refractivity contribution in [2.24, 2.45) is 5.41 Å². The molecule has 1 aromatic heterocycles. The van der Waals surface area contributed by atoms with Crippen molar-refractivity contribution in [2.45, 2.75) is 72.3 Å². The SMILES string of the molecule is C[C@H]1CN(C(=O)c2cc(Cc3n[nH]c(=O)c4c3CCCC4)ccc2F)CCN1C(=O)C(=O)CC(C)(C)C. The third-order valence-electron chi connectivity index (χ3n) is 7.12. The number of aromatic amines is 1. The molecule has 0 saturated carbocycles. The fourth-order valence-corrected chi connectivity index (χ4v) is 5.25. The fraction of sp³-hybridized carbons (Fsp3) is 0.536. The van der Waals surface area contributed by atoms with E-state index in [1.165, 1.54) is 15.9 Å². The Morgan fingerprint density at radius 2 is 1.81 bits per heavy atom. The van der Waals surface area contributed by atoms with E-state index in [9.17, 15) is 23.6 Å². The molecule has 2 aliphatic rings. The van der Waals surface area contributed by atoms with Crippen molar-refractivity contribution in [1.29, 1.82) is 0 Å². The molecule has 1 aromatic carbocycles. The molecule has 4 rings (SSSR count). The minimum Gasteiger partial charge on any atom is -0.335 e. The number of rotatable bonds is 5. The highest BCUT2D eigenvalue weighted by atomic mass is 19.1. The summed E-state index contributed by atoms with van der Waals surface area (Å²) in [5.74, 6) is -2.03. The first-order valence-electron chi connectivity index (χ1n) is 13.0. The van der Waals surface area contributed by atoms with Crippen molar-refractivity contribution < 1.29 is 18.8 Å². The third kappa shape index (κ3) is 5.97. The van der Waals surface area contributed by atoms with E-state index in [2.05, 4.69) is 10.2 Å². The molecule has 0 unspecified atom stereocenters. The number of carbonyl (C=O) groups is 3. The van der Waals surface area contributed by atoms with Crippen LogP contribution in [0.25, 0.3) is 0 Å². The van der Waals surface area contributed by atoms with Gasteiger partial charge in [0, 0.05) is 44.1 Å². The molecule has 37 heavy (non-hydrogen) atoms. The van der Waals surface area contributed by atoms with Crippen molar-refractivity contribution in [3.63, 3.8) is 0 Å².